The molecule has 136 valence electrons. The van der Waals surface area contributed by atoms with E-state index in [9.17, 15) is 0 Å². The van der Waals surface area contributed by atoms with Gasteiger partial charge < -0.3 is 20.1 Å². The van der Waals surface area contributed by atoms with Crippen molar-refractivity contribution in [3.05, 3.63) is 0 Å². The Bertz CT molecular complexity index is 311. The van der Waals surface area contributed by atoms with Crippen LogP contribution in [-0.4, -0.2) is 53.0 Å². The van der Waals surface area contributed by atoms with Gasteiger partial charge in [-0.15, -0.1) is 0 Å². The highest BCUT2D eigenvalue weighted by Gasteiger charge is 2.18. The van der Waals surface area contributed by atoms with Gasteiger partial charge in [0.2, 0.25) is 0 Å². The van der Waals surface area contributed by atoms with Crippen LogP contribution < -0.4 is 10.6 Å². The molecule has 1 fully saturated rings. The van der Waals surface area contributed by atoms with Crippen molar-refractivity contribution >= 4 is 5.96 Å². The SMILES string of the molecule is CN=C(NCCCCOCCOC)NCCC1CCCC(C)C1. The van der Waals surface area contributed by atoms with Crippen molar-refractivity contribution in [1.82, 2.24) is 10.6 Å². The molecule has 0 spiro atoms. The molecule has 0 aromatic heterocycles. The van der Waals surface area contributed by atoms with E-state index in [1.165, 1.54) is 32.1 Å². The molecule has 5 heteroatoms. The van der Waals surface area contributed by atoms with Crippen LogP contribution in [-0.2, 0) is 9.47 Å². The third kappa shape index (κ3) is 10.6. The van der Waals surface area contributed by atoms with Crippen molar-refractivity contribution in [1.29, 1.82) is 0 Å². The first-order chi connectivity index (χ1) is 11.3. The van der Waals surface area contributed by atoms with E-state index in [-0.39, 0.29) is 0 Å². The van der Waals surface area contributed by atoms with Crippen molar-refractivity contribution < 1.29 is 9.47 Å². The highest BCUT2D eigenvalue weighted by molar-refractivity contribution is 5.79. The minimum absolute atomic E-state index is 0.675. The molecule has 0 saturated heterocycles. The number of unbranched alkanes of at least 4 members (excludes halogenated alkanes) is 1. The molecule has 0 aromatic carbocycles. The minimum Gasteiger partial charge on any atom is -0.382 e. The van der Waals surface area contributed by atoms with Crippen molar-refractivity contribution in [3.63, 3.8) is 0 Å². The Morgan fingerprint density at radius 3 is 2.65 bits per heavy atom. The van der Waals surface area contributed by atoms with Gasteiger partial charge in [-0.3, -0.25) is 4.99 Å². The molecule has 23 heavy (non-hydrogen) atoms. The first-order valence-electron chi connectivity index (χ1n) is 9.27. The summed E-state index contributed by atoms with van der Waals surface area (Å²) in [5, 5.41) is 6.82. The van der Waals surface area contributed by atoms with E-state index in [2.05, 4.69) is 22.5 Å². The summed E-state index contributed by atoms with van der Waals surface area (Å²) in [5.74, 6) is 2.74. The van der Waals surface area contributed by atoms with Gasteiger partial charge >= 0.3 is 0 Å². The maximum atomic E-state index is 5.45. The lowest BCUT2D eigenvalue weighted by atomic mass is 9.81. The van der Waals surface area contributed by atoms with E-state index in [0.717, 1.165) is 50.3 Å². The lowest BCUT2D eigenvalue weighted by molar-refractivity contribution is 0.0689. The maximum Gasteiger partial charge on any atom is 0.190 e. The summed E-state index contributed by atoms with van der Waals surface area (Å²) < 4.78 is 10.4. The summed E-state index contributed by atoms with van der Waals surface area (Å²) in [4.78, 5) is 4.29. The van der Waals surface area contributed by atoms with Crippen LogP contribution >= 0.6 is 0 Å². The molecule has 0 radical (unpaired) electrons. The van der Waals surface area contributed by atoms with Crippen molar-refractivity contribution in [2.75, 3.05) is 47.1 Å². The van der Waals surface area contributed by atoms with Crippen LogP contribution in [0.1, 0.15) is 51.9 Å². The largest absolute Gasteiger partial charge is 0.382 e. The number of ether oxygens (including phenoxy) is 2. The lowest BCUT2D eigenvalue weighted by Crippen LogP contribution is -2.38. The zero-order chi connectivity index (χ0) is 16.8. The third-order valence-electron chi connectivity index (χ3n) is 4.55. The first kappa shape index (κ1) is 20.2. The van der Waals surface area contributed by atoms with Crippen molar-refractivity contribution in [3.8, 4) is 0 Å². The summed E-state index contributed by atoms with van der Waals surface area (Å²) in [7, 11) is 3.53. The fraction of sp³-hybridized carbons (Fsp3) is 0.944. The van der Waals surface area contributed by atoms with Crippen LogP contribution in [0, 0.1) is 11.8 Å². The van der Waals surface area contributed by atoms with E-state index in [1.54, 1.807) is 7.11 Å². The number of nitrogens with one attached hydrogen (secondary N) is 2. The fourth-order valence-corrected chi connectivity index (χ4v) is 3.22. The molecule has 2 atom stereocenters. The summed E-state index contributed by atoms with van der Waals surface area (Å²) in [6.45, 7) is 6.52. The second-order valence-electron chi connectivity index (χ2n) is 6.66. The number of hydrogen-bond acceptors (Lipinski definition) is 3. The van der Waals surface area contributed by atoms with Gasteiger partial charge in [-0.05, 0) is 37.5 Å². The zero-order valence-corrected chi connectivity index (χ0v) is 15.4. The molecule has 0 amide bonds. The predicted molar refractivity (Wildman–Crippen MR) is 97.0 cm³/mol. The molecule has 2 unspecified atom stereocenters. The first-order valence-corrected chi connectivity index (χ1v) is 9.27. The number of hydrogen-bond donors (Lipinski definition) is 2. The van der Waals surface area contributed by atoms with Gasteiger partial charge in [-0.1, -0.05) is 26.2 Å². The fourth-order valence-electron chi connectivity index (χ4n) is 3.22. The monoisotopic (exact) mass is 327 g/mol. The van der Waals surface area contributed by atoms with Gasteiger partial charge in [0, 0.05) is 33.9 Å². The molecule has 1 aliphatic rings. The van der Waals surface area contributed by atoms with Crippen LogP contribution in [0.4, 0.5) is 0 Å². The molecule has 0 aliphatic heterocycles. The van der Waals surface area contributed by atoms with Crippen LogP contribution in [0.2, 0.25) is 0 Å². The molecule has 1 aliphatic carbocycles. The summed E-state index contributed by atoms with van der Waals surface area (Å²) in [6, 6.07) is 0. The molecule has 1 rings (SSSR count). The Hall–Kier alpha value is -0.810. The predicted octanol–water partition coefficient (Wildman–Crippen LogP) is 2.81. The van der Waals surface area contributed by atoms with Crippen molar-refractivity contribution in [2.24, 2.45) is 16.8 Å². The Morgan fingerprint density at radius 1 is 1.09 bits per heavy atom. The molecular formula is C18H37N3O2. The van der Waals surface area contributed by atoms with E-state index in [4.69, 9.17) is 9.47 Å². The molecular weight excluding hydrogens is 290 g/mol. The molecule has 0 bridgehead atoms. The molecule has 1 saturated carbocycles. The number of nitrogens with zero attached hydrogens (tertiary/aromatic N) is 1. The highest BCUT2D eigenvalue weighted by Crippen LogP contribution is 2.30. The smallest absolute Gasteiger partial charge is 0.190 e. The standard InChI is InChI=1S/C18H37N3O2/c1-16-7-6-8-17(15-16)9-11-21-18(19-2)20-10-4-5-12-23-14-13-22-3/h16-17H,4-15H2,1-3H3,(H2,19,20,21). The average Bonchev–Trinajstić information content (AvgIpc) is 2.55. The Morgan fingerprint density at radius 2 is 1.91 bits per heavy atom. The van der Waals surface area contributed by atoms with E-state index >= 15 is 0 Å². The Kier molecular flexibility index (Phi) is 12.0. The molecule has 5 nitrogen and oxygen atoms in total. The topological polar surface area (TPSA) is 54.9 Å². The Labute approximate surface area is 142 Å². The van der Waals surface area contributed by atoms with Crippen molar-refractivity contribution in [2.45, 2.75) is 51.9 Å². The number of guanidine groups is 1. The normalized spacial score (nSPS) is 22.1. The van der Waals surface area contributed by atoms with Crippen LogP contribution in [0.3, 0.4) is 0 Å². The summed E-state index contributed by atoms with van der Waals surface area (Å²) >= 11 is 0. The van der Waals surface area contributed by atoms with Crippen LogP contribution in [0.15, 0.2) is 4.99 Å². The van der Waals surface area contributed by atoms with E-state index in [0.29, 0.717) is 13.2 Å². The molecule has 0 aromatic rings. The van der Waals surface area contributed by atoms with Gasteiger partial charge in [-0.25, -0.2) is 0 Å². The Balaban J connectivity index is 1.97. The molecule has 2 N–H and O–H groups in total. The van der Waals surface area contributed by atoms with E-state index < -0.39 is 0 Å². The van der Waals surface area contributed by atoms with Gasteiger partial charge in [0.1, 0.15) is 0 Å². The van der Waals surface area contributed by atoms with Gasteiger partial charge in [-0.2, -0.15) is 0 Å². The summed E-state index contributed by atoms with van der Waals surface area (Å²) in [6.07, 6.45) is 9.05. The molecule has 0 heterocycles. The maximum absolute atomic E-state index is 5.45. The lowest BCUT2D eigenvalue weighted by Gasteiger charge is -2.26. The second-order valence-corrected chi connectivity index (χ2v) is 6.66. The third-order valence-corrected chi connectivity index (χ3v) is 4.55. The second kappa shape index (κ2) is 13.6. The zero-order valence-electron chi connectivity index (χ0n) is 15.4. The number of rotatable bonds is 11. The number of aliphatic imine (C=N–C) groups is 1. The van der Waals surface area contributed by atoms with Gasteiger partial charge in [0.05, 0.1) is 13.2 Å². The highest BCUT2D eigenvalue weighted by atomic mass is 16.5. The van der Waals surface area contributed by atoms with Gasteiger partial charge in [0.15, 0.2) is 5.96 Å². The number of methoxy groups -OCH3 is 1. The quantitative estimate of drug-likeness (QED) is 0.348. The van der Waals surface area contributed by atoms with E-state index in [1.807, 2.05) is 7.05 Å². The summed E-state index contributed by atoms with van der Waals surface area (Å²) in [5.41, 5.74) is 0. The van der Waals surface area contributed by atoms with Gasteiger partial charge in [0.25, 0.3) is 0 Å². The van der Waals surface area contributed by atoms with Crippen LogP contribution in [0.5, 0.6) is 0 Å². The minimum atomic E-state index is 0.675. The average molecular weight is 328 g/mol. The van der Waals surface area contributed by atoms with Crippen LogP contribution in [0.25, 0.3) is 0 Å².